The quantitative estimate of drug-likeness (QED) is 0.295. The zero-order valence-corrected chi connectivity index (χ0v) is 21.5. The van der Waals surface area contributed by atoms with Crippen LogP contribution in [0.5, 0.6) is 17.2 Å². The minimum absolute atomic E-state index is 0.132. The number of halogens is 2. The van der Waals surface area contributed by atoms with Gasteiger partial charge in [0.1, 0.15) is 5.58 Å². The summed E-state index contributed by atoms with van der Waals surface area (Å²) in [6.45, 7) is 3.33. The molecule has 0 bridgehead atoms. The van der Waals surface area contributed by atoms with Crippen LogP contribution in [0.25, 0.3) is 22.3 Å². The normalized spacial score (nSPS) is 11.7. The molecule has 36 heavy (non-hydrogen) atoms. The summed E-state index contributed by atoms with van der Waals surface area (Å²) in [7, 11) is 3.02. The highest BCUT2D eigenvalue weighted by Gasteiger charge is 2.24. The third-order valence-electron chi connectivity index (χ3n) is 5.57. The molecular formula is C27H23Cl2NO6. The number of carbonyl (C=O) groups excluding carboxylic acids is 1. The molecule has 9 heteroatoms. The molecule has 1 heterocycles. The number of rotatable bonds is 7. The van der Waals surface area contributed by atoms with E-state index in [4.69, 9.17) is 41.8 Å². The second kappa shape index (κ2) is 10.5. The van der Waals surface area contributed by atoms with Crippen LogP contribution in [0.15, 0.2) is 63.8 Å². The van der Waals surface area contributed by atoms with Crippen LogP contribution in [0.2, 0.25) is 10.0 Å². The lowest BCUT2D eigenvalue weighted by atomic mass is 10.1. The van der Waals surface area contributed by atoms with Gasteiger partial charge in [-0.3, -0.25) is 9.59 Å². The van der Waals surface area contributed by atoms with Crippen LogP contribution in [0, 0.1) is 6.92 Å². The molecule has 0 radical (unpaired) electrons. The number of ether oxygens (including phenoxy) is 3. The minimum atomic E-state index is -1.07. The highest BCUT2D eigenvalue weighted by atomic mass is 35.5. The van der Waals surface area contributed by atoms with Crippen molar-refractivity contribution < 1.29 is 23.4 Å². The summed E-state index contributed by atoms with van der Waals surface area (Å²) in [6, 6.07) is 15.1. The van der Waals surface area contributed by atoms with Crippen LogP contribution in [-0.4, -0.2) is 26.2 Å². The van der Waals surface area contributed by atoms with Crippen molar-refractivity contribution in [3.63, 3.8) is 0 Å². The molecule has 3 aromatic carbocycles. The van der Waals surface area contributed by atoms with Crippen molar-refractivity contribution in [3.8, 4) is 28.6 Å². The molecule has 0 aliphatic rings. The number of fused-ring (bicyclic) bond motifs is 1. The minimum Gasteiger partial charge on any atom is -0.493 e. The first-order valence-electron chi connectivity index (χ1n) is 10.9. The van der Waals surface area contributed by atoms with Gasteiger partial charge in [-0.1, -0.05) is 35.3 Å². The molecule has 186 valence electrons. The monoisotopic (exact) mass is 527 g/mol. The SMILES string of the molecule is COc1ccc(-c2oc3cc(C)c(Cl)cc3c(=O)c2OC(C)C(=O)Nc2ccccc2Cl)cc1OC. The predicted molar refractivity (Wildman–Crippen MR) is 141 cm³/mol. The van der Waals surface area contributed by atoms with E-state index in [1.807, 2.05) is 6.92 Å². The Morgan fingerprint density at radius 3 is 2.39 bits per heavy atom. The van der Waals surface area contributed by atoms with E-state index in [1.54, 1.807) is 48.5 Å². The van der Waals surface area contributed by atoms with E-state index in [9.17, 15) is 9.59 Å². The van der Waals surface area contributed by atoms with E-state index in [2.05, 4.69) is 5.32 Å². The van der Waals surface area contributed by atoms with Gasteiger partial charge >= 0.3 is 0 Å². The molecule has 0 saturated heterocycles. The van der Waals surface area contributed by atoms with Crippen LogP contribution < -0.4 is 25.0 Å². The van der Waals surface area contributed by atoms with E-state index in [0.29, 0.717) is 38.4 Å². The fraction of sp³-hybridized carbons (Fsp3) is 0.185. The molecule has 0 saturated carbocycles. The number of amides is 1. The second-order valence-electron chi connectivity index (χ2n) is 7.99. The fourth-order valence-electron chi connectivity index (χ4n) is 3.60. The van der Waals surface area contributed by atoms with Crippen molar-refractivity contribution in [3.05, 3.63) is 80.4 Å². The molecule has 1 unspecified atom stereocenters. The topological polar surface area (TPSA) is 87.0 Å². The lowest BCUT2D eigenvalue weighted by Gasteiger charge is -2.18. The summed E-state index contributed by atoms with van der Waals surface area (Å²) < 4.78 is 22.8. The standard InChI is InChI=1S/C27H23Cl2NO6/c1-14-11-22-17(13-19(14)29)24(31)26(25(36-22)16-9-10-21(33-3)23(12-16)34-4)35-15(2)27(32)30-20-8-6-5-7-18(20)28/h5-13,15H,1-4H3,(H,30,32). The van der Waals surface area contributed by atoms with Crippen molar-refractivity contribution in [2.75, 3.05) is 19.5 Å². The van der Waals surface area contributed by atoms with E-state index < -0.39 is 17.4 Å². The summed E-state index contributed by atoms with van der Waals surface area (Å²) in [5, 5.41) is 3.72. The van der Waals surface area contributed by atoms with Crippen LogP contribution >= 0.6 is 23.2 Å². The summed E-state index contributed by atoms with van der Waals surface area (Å²) in [5.74, 6) is 0.425. The first-order chi connectivity index (χ1) is 17.2. The van der Waals surface area contributed by atoms with E-state index in [1.165, 1.54) is 27.2 Å². The Hall–Kier alpha value is -3.68. The Kier molecular flexibility index (Phi) is 7.43. The molecule has 1 aromatic heterocycles. The molecule has 7 nitrogen and oxygen atoms in total. The van der Waals surface area contributed by atoms with Gasteiger partial charge in [-0.2, -0.15) is 0 Å². The number of para-hydroxylation sites is 1. The average Bonchev–Trinajstić information content (AvgIpc) is 2.87. The zero-order chi connectivity index (χ0) is 26.0. The zero-order valence-electron chi connectivity index (χ0n) is 20.0. The third-order valence-corrected chi connectivity index (χ3v) is 6.31. The maximum atomic E-state index is 13.6. The number of carbonyl (C=O) groups is 1. The van der Waals surface area contributed by atoms with Gasteiger partial charge in [0.2, 0.25) is 11.2 Å². The third kappa shape index (κ3) is 4.98. The Labute approximate surface area is 217 Å². The number of methoxy groups -OCH3 is 2. The summed E-state index contributed by atoms with van der Waals surface area (Å²) in [4.78, 5) is 26.5. The van der Waals surface area contributed by atoms with Crippen molar-refractivity contribution in [2.45, 2.75) is 20.0 Å². The maximum absolute atomic E-state index is 13.6. The smallest absolute Gasteiger partial charge is 0.265 e. The summed E-state index contributed by atoms with van der Waals surface area (Å²) in [5.41, 5.74) is 1.51. The van der Waals surface area contributed by atoms with Crippen LogP contribution in [0.1, 0.15) is 12.5 Å². The number of benzene rings is 3. The Bertz CT molecular complexity index is 1510. The summed E-state index contributed by atoms with van der Waals surface area (Å²) in [6.07, 6.45) is -1.07. The highest BCUT2D eigenvalue weighted by molar-refractivity contribution is 6.33. The van der Waals surface area contributed by atoms with Gasteiger partial charge in [0, 0.05) is 10.6 Å². The number of hydrogen-bond acceptors (Lipinski definition) is 6. The van der Waals surface area contributed by atoms with Gasteiger partial charge in [0.15, 0.2) is 23.4 Å². The first kappa shape index (κ1) is 25.4. The van der Waals surface area contributed by atoms with Crippen molar-refractivity contribution in [1.82, 2.24) is 0 Å². The molecule has 1 atom stereocenters. The lowest BCUT2D eigenvalue weighted by molar-refractivity contribution is -0.122. The van der Waals surface area contributed by atoms with Gasteiger partial charge in [0.05, 0.1) is 30.3 Å². The van der Waals surface area contributed by atoms with Crippen LogP contribution in [0.4, 0.5) is 5.69 Å². The van der Waals surface area contributed by atoms with Crippen molar-refractivity contribution >= 4 is 45.8 Å². The Balaban J connectivity index is 1.82. The number of aryl methyl sites for hydroxylation is 1. The molecule has 0 fully saturated rings. The second-order valence-corrected chi connectivity index (χ2v) is 8.80. The molecule has 4 rings (SSSR count). The van der Waals surface area contributed by atoms with E-state index in [0.717, 1.165) is 5.56 Å². The molecule has 0 spiro atoms. The van der Waals surface area contributed by atoms with Gasteiger partial charge in [-0.25, -0.2) is 0 Å². The van der Waals surface area contributed by atoms with Crippen LogP contribution in [-0.2, 0) is 4.79 Å². The van der Waals surface area contributed by atoms with Gasteiger partial charge in [-0.15, -0.1) is 0 Å². The van der Waals surface area contributed by atoms with E-state index in [-0.39, 0.29) is 16.9 Å². The number of nitrogens with one attached hydrogen (secondary N) is 1. The Morgan fingerprint density at radius 1 is 0.972 bits per heavy atom. The molecule has 0 aliphatic heterocycles. The molecule has 4 aromatic rings. The highest BCUT2D eigenvalue weighted by Crippen LogP contribution is 2.37. The van der Waals surface area contributed by atoms with E-state index >= 15 is 0 Å². The van der Waals surface area contributed by atoms with Gasteiger partial charge < -0.3 is 23.9 Å². The average molecular weight is 528 g/mol. The molecule has 0 aliphatic carbocycles. The van der Waals surface area contributed by atoms with Gasteiger partial charge in [-0.05, 0) is 61.9 Å². The maximum Gasteiger partial charge on any atom is 0.265 e. The molecule has 1 N–H and O–H groups in total. The van der Waals surface area contributed by atoms with Gasteiger partial charge in [0.25, 0.3) is 5.91 Å². The predicted octanol–water partition coefficient (Wildman–Crippen LogP) is 6.50. The Morgan fingerprint density at radius 2 is 1.69 bits per heavy atom. The molecular weight excluding hydrogens is 505 g/mol. The fourth-order valence-corrected chi connectivity index (χ4v) is 3.95. The number of hydrogen-bond donors (Lipinski definition) is 1. The number of anilines is 1. The lowest BCUT2D eigenvalue weighted by Crippen LogP contribution is -2.32. The van der Waals surface area contributed by atoms with Crippen molar-refractivity contribution in [1.29, 1.82) is 0 Å². The largest absolute Gasteiger partial charge is 0.493 e. The molecule has 1 amide bonds. The summed E-state index contributed by atoms with van der Waals surface area (Å²) >= 11 is 12.4. The van der Waals surface area contributed by atoms with Crippen molar-refractivity contribution in [2.24, 2.45) is 0 Å². The van der Waals surface area contributed by atoms with Crippen LogP contribution in [0.3, 0.4) is 0 Å². The first-order valence-corrected chi connectivity index (χ1v) is 11.7.